The molecule has 0 aliphatic carbocycles. The lowest BCUT2D eigenvalue weighted by atomic mass is 10.1. The third kappa shape index (κ3) is 5.16. The number of carbonyl (C=O) groups excluding carboxylic acids is 1. The van der Waals surface area contributed by atoms with Crippen LogP contribution in [-0.2, 0) is 17.8 Å². The lowest BCUT2D eigenvalue weighted by molar-refractivity contribution is 0.143. The van der Waals surface area contributed by atoms with Crippen LogP contribution in [0.5, 0.6) is 0 Å². The number of halogens is 2. The van der Waals surface area contributed by atoms with Crippen molar-refractivity contribution in [3.8, 4) is 0 Å². The van der Waals surface area contributed by atoms with Crippen LogP contribution in [0.1, 0.15) is 24.0 Å². The quantitative estimate of drug-likeness (QED) is 0.526. The summed E-state index contributed by atoms with van der Waals surface area (Å²) < 4.78 is 34.6. The Morgan fingerprint density at radius 1 is 1.26 bits per heavy atom. The third-order valence-electron chi connectivity index (χ3n) is 4.69. The number of rotatable bonds is 8. The summed E-state index contributed by atoms with van der Waals surface area (Å²) in [5.74, 6) is -0.574. The van der Waals surface area contributed by atoms with Crippen molar-refractivity contribution in [2.75, 3.05) is 31.3 Å². The summed E-state index contributed by atoms with van der Waals surface area (Å²) in [7, 11) is 3.65. The van der Waals surface area contributed by atoms with Gasteiger partial charge in [0.25, 0.3) is 0 Å². The smallest absolute Gasteiger partial charge is 0.407 e. The van der Waals surface area contributed by atoms with Gasteiger partial charge in [-0.25, -0.2) is 18.6 Å². The number of aryl methyl sites for hydroxylation is 2. The van der Waals surface area contributed by atoms with E-state index >= 15 is 0 Å². The molecule has 0 aliphatic heterocycles. The number of anilines is 2. The lowest BCUT2D eigenvalue weighted by Crippen LogP contribution is -2.25. The number of nitrogen functional groups attached to an aromatic ring is 1. The maximum atomic E-state index is 13.9. The molecule has 31 heavy (non-hydrogen) atoms. The Labute approximate surface area is 178 Å². The second-order valence-electron chi connectivity index (χ2n) is 7.27. The zero-order valence-electron chi connectivity index (χ0n) is 17.7. The van der Waals surface area contributed by atoms with Crippen LogP contribution in [-0.4, -0.2) is 46.3 Å². The van der Waals surface area contributed by atoms with Crippen LogP contribution >= 0.6 is 0 Å². The highest BCUT2D eigenvalue weighted by Crippen LogP contribution is 2.20. The number of fused-ring (bicyclic) bond motifs is 1. The van der Waals surface area contributed by atoms with E-state index in [2.05, 4.69) is 20.3 Å². The number of nitrogens with one attached hydrogen (secondary N) is 1. The summed E-state index contributed by atoms with van der Waals surface area (Å²) in [5, 5.41) is 2.37. The molecule has 9 nitrogen and oxygen atoms in total. The highest BCUT2D eigenvalue weighted by atomic mass is 19.1. The molecule has 3 N–H and O–H groups in total. The van der Waals surface area contributed by atoms with Crippen LogP contribution in [0.3, 0.4) is 0 Å². The Morgan fingerprint density at radius 3 is 2.77 bits per heavy atom. The van der Waals surface area contributed by atoms with Gasteiger partial charge in [0.15, 0.2) is 11.5 Å². The van der Waals surface area contributed by atoms with Crippen LogP contribution < -0.4 is 16.0 Å². The van der Waals surface area contributed by atoms with Crippen molar-refractivity contribution in [3.05, 3.63) is 41.2 Å². The molecule has 0 spiro atoms. The zero-order valence-corrected chi connectivity index (χ0v) is 17.7. The molecule has 1 amide bonds. The van der Waals surface area contributed by atoms with Crippen molar-refractivity contribution >= 4 is 29.0 Å². The van der Waals surface area contributed by atoms with Crippen molar-refractivity contribution in [2.24, 2.45) is 0 Å². The summed E-state index contributed by atoms with van der Waals surface area (Å²) in [6.07, 6.45) is 2.19. The predicted molar refractivity (Wildman–Crippen MR) is 113 cm³/mol. The Hall–Kier alpha value is -3.50. The number of imidazole rings is 1. The van der Waals surface area contributed by atoms with Crippen LogP contribution in [0.25, 0.3) is 11.2 Å². The van der Waals surface area contributed by atoms with E-state index in [0.29, 0.717) is 47.9 Å². The summed E-state index contributed by atoms with van der Waals surface area (Å²) in [4.78, 5) is 26.5. The third-order valence-corrected chi connectivity index (χ3v) is 4.69. The maximum absolute atomic E-state index is 13.9. The van der Waals surface area contributed by atoms with E-state index in [4.69, 9.17) is 10.5 Å². The molecule has 11 heteroatoms. The molecule has 2 aromatic heterocycles. The number of nitrogens with two attached hydrogens (primary N) is 1. The van der Waals surface area contributed by atoms with Crippen molar-refractivity contribution in [2.45, 2.75) is 32.9 Å². The van der Waals surface area contributed by atoms with Crippen LogP contribution in [0.4, 0.5) is 25.3 Å². The molecular weight excluding hydrogens is 408 g/mol. The first-order valence-electron chi connectivity index (χ1n) is 9.77. The van der Waals surface area contributed by atoms with E-state index in [1.807, 2.05) is 18.7 Å². The first-order valence-corrected chi connectivity index (χ1v) is 9.77. The predicted octanol–water partition coefficient (Wildman–Crippen LogP) is 2.77. The van der Waals surface area contributed by atoms with Crippen molar-refractivity contribution in [1.29, 1.82) is 0 Å². The molecule has 0 unspecified atom stereocenters. The van der Waals surface area contributed by atoms with E-state index in [1.165, 1.54) is 19.1 Å². The number of amides is 1. The molecule has 3 aromatic rings. The molecule has 0 bridgehead atoms. The number of hydrogen-bond acceptors (Lipinski definition) is 7. The van der Waals surface area contributed by atoms with Crippen LogP contribution in [0.15, 0.2) is 18.5 Å². The Bertz CT molecular complexity index is 1090. The number of benzene rings is 1. The number of hydrogen-bond donors (Lipinski definition) is 2. The fourth-order valence-corrected chi connectivity index (χ4v) is 2.96. The lowest BCUT2D eigenvalue weighted by Gasteiger charge is -2.11. The topological polar surface area (TPSA) is 111 Å². The van der Waals surface area contributed by atoms with Gasteiger partial charge in [0.2, 0.25) is 5.95 Å². The zero-order chi connectivity index (χ0) is 22.5. The standard InChI is InChI=1S/C20H25F2N7O2/c1-12-6-7-14(21)13(15(12)22)10-24-20(30)31-9-5-4-8-29-11-25-16-17(23)26-19(28(2)3)27-18(16)29/h6-7,11H,4-5,8-10H2,1-3H3,(H,24,30)(H2,23,26,27). The summed E-state index contributed by atoms with van der Waals surface area (Å²) >= 11 is 0. The fourth-order valence-electron chi connectivity index (χ4n) is 2.96. The molecule has 3 rings (SSSR count). The molecule has 0 aliphatic rings. The molecule has 0 saturated carbocycles. The number of unbranched alkanes of at least 4 members (excludes halogenated alkanes) is 1. The second-order valence-corrected chi connectivity index (χ2v) is 7.27. The number of carbonyl (C=O) groups is 1. The van der Waals surface area contributed by atoms with Gasteiger partial charge in [-0.3, -0.25) is 0 Å². The molecule has 2 heterocycles. The van der Waals surface area contributed by atoms with Crippen molar-refractivity contribution in [3.63, 3.8) is 0 Å². The van der Waals surface area contributed by atoms with Gasteiger partial charge in [0, 0.05) is 26.2 Å². The number of alkyl carbamates (subject to hydrolysis) is 1. The molecule has 0 fully saturated rings. The second kappa shape index (κ2) is 9.54. The van der Waals surface area contributed by atoms with Gasteiger partial charge >= 0.3 is 6.09 Å². The summed E-state index contributed by atoms with van der Waals surface area (Å²) in [6, 6.07) is 2.51. The highest BCUT2D eigenvalue weighted by molar-refractivity contribution is 5.82. The molecule has 1 aromatic carbocycles. The number of aromatic nitrogens is 4. The van der Waals surface area contributed by atoms with E-state index in [-0.39, 0.29) is 18.7 Å². The molecule has 0 atom stereocenters. The molecule has 166 valence electrons. The largest absolute Gasteiger partial charge is 0.450 e. The number of ether oxygens (including phenoxy) is 1. The van der Waals surface area contributed by atoms with Crippen LogP contribution in [0, 0.1) is 18.6 Å². The first-order chi connectivity index (χ1) is 14.8. The van der Waals surface area contributed by atoms with Crippen molar-refractivity contribution in [1.82, 2.24) is 24.8 Å². The summed E-state index contributed by atoms with van der Waals surface area (Å²) in [6.45, 7) is 2.01. The Kier molecular flexibility index (Phi) is 6.83. The van der Waals surface area contributed by atoms with Crippen LogP contribution in [0.2, 0.25) is 0 Å². The van der Waals surface area contributed by atoms with E-state index in [9.17, 15) is 13.6 Å². The minimum Gasteiger partial charge on any atom is -0.450 e. The normalized spacial score (nSPS) is 11.0. The minimum absolute atomic E-state index is 0.164. The van der Waals surface area contributed by atoms with Crippen molar-refractivity contribution < 1.29 is 18.3 Å². The van der Waals surface area contributed by atoms with Gasteiger partial charge in [-0.2, -0.15) is 9.97 Å². The van der Waals surface area contributed by atoms with Gasteiger partial charge in [-0.1, -0.05) is 6.07 Å². The average molecular weight is 433 g/mol. The molecule has 0 radical (unpaired) electrons. The van der Waals surface area contributed by atoms with Gasteiger partial charge in [-0.15, -0.1) is 0 Å². The monoisotopic (exact) mass is 433 g/mol. The van der Waals surface area contributed by atoms with Gasteiger partial charge in [-0.05, 0) is 31.4 Å². The summed E-state index contributed by atoms with van der Waals surface area (Å²) in [5.41, 5.74) is 7.24. The van der Waals surface area contributed by atoms with E-state index < -0.39 is 17.7 Å². The first kappa shape index (κ1) is 22.2. The average Bonchev–Trinajstić information content (AvgIpc) is 3.14. The fraction of sp³-hybridized carbons (Fsp3) is 0.400. The Balaban J connectivity index is 1.45. The van der Waals surface area contributed by atoms with Gasteiger partial charge in [0.05, 0.1) is 19.5 Å². The molecule has 0 saturated heterocycles. The molecular formula is C20H25F2N7O2. The SMILES string of the molecule is Cc1ccc(F)c(CNC(=O)OCCCCn2cnc3c(N)nc(N(C)C)nc32)c1F. The van der Waals surface area contributed by atoms with E-state index in [1.54, 1.807) is 11.2 Å². The maximum Gasteiger partial charge on any atom is 0.407 e. The van der Waals surface area contributed by atoms with Gasteiger partial charge < -0.3 is 25.3 Å². The van der Waals surface area contributed by atoms with E-state index in [0.717, 1.165) is 0 Å². The number of nitrogens with zero attached hydrogens (tertiary/aromatic N) is 5. The minimum atomic E-state index is -0.732. The highest BCUT2D eigenvalue weighted by Gasteiger charge is 2.14. The Morgan fingerprint density at radius 2 is 2.03 bits per heavy atom. The van der Waals surface area contributed by atoms with Gasteiger partial charge in [0.1, 0.15) is 17.2 Å².